The fraction of sp³-hybridized carbons (Fsp3) is 0.138. The molecular formula is C29H22F3N7O2. The maximum atomic E-state index is 13.9. The second kappa shape index (κ2) is 10.6. The summed E-state index contributed by atoms with van der Waals surface area (Å²) in [7, 11) is 0. The molecule has 5 aromatic rings. The minimum atomic E-state index is -4.63. The van der Waals surface area contributed by atoms with Crippen LogP contribution in [0.3, 0.4) is 0 Å². The average molecular weight is 558 g/mol. The summed E-state index contributed by atoms with van der Waals surface area (Å²) in [6.07, 6.45) is -0.0127. The molecule has 0 bridgehead atoms. The van der Waals surface area contributed by atoms with E-state index >= 15 is 0 Å². The van der Waals surface area contributed by atoms with Gasteiger partial charge in [-0.2, -0.15) is 18.3 Å². The molecule has 0 unspecified atom stereocenters. The van der Waals surface area contributed by atoms with Gasteiger partial charge in [-0.3, -0.25) is 9.55 Å². The fourth-order valence-electron chi connectivity index (χ4n) is 4.56. The zero-order valence-corrected chi connectivity index (χ0v) is 21.8. The lowest BCUT2D eigenvalue weighted by molar-refractivity contribution is -0.137. The third-order valence-electron chi connectivity index (χ3n) is 6.57. The molecule has 206 valence electrons. The average Bonchev–Trinajstić information content (AvgIpc) is 3.54. The summed E-state index contributed by atoms with van der Waals surface area (Å²) < 4.78 is 44.0. The maximum absolute atomic E-state index is 13.9. The molecule has 0 saturated carbocycles. The van der Waals surface area contributed by atoms with E-state index in [2.05, 4.69) is 20.2 Å². The first-order valence-corrected chi connectivity index (χ1v) is 12.3. The van der Waals surface area contributed by atoms with Crippen molar-refractivity contribution in [2.75, 3.05) is 0 Å². The molecule has 9 nitrogen and oxygen atoms in total. The Labute approximate surface area is 231 Å². The predicted molar refractivity (Wildman–Crippen MR) is 145 cm³/mol. The summed E-state index contributed by atoms with van der Waals surface area (Å²) in [6.45, 7) is 10.5. The monoisotopic (exact) mass is 557 g/mol. The van der Waals surface area contributed by atoms with E-state index in [0.717, 1.165) is 26.8 Å². The first-order valence-electron chi connectivity index (χ1n) is 12.3. The van der Waals surface area contributed by atoms with Gasteiger partial charge >= 0.3 is 17.9 Å². The minimum Gasteiger partial charge on any atom is -0.331 e. The van der Waals surface area contributed by atoms with E-state index in [1.165, 1.54) is 23.0 Å². The van der Waals surface area contributed by atoms with Crippen LogP contribution in [0.25, 0.3) is 27.6 Å². The lowest BCUT2D eigenvalue weighted by Crippen LogP contribution is -2.38. The van der Waals surface area contributed by atoms with E-state index < -0.39 is 29.5 Å². The van der Waals surface area contributed by atoms with E-state index in [1.807, 2.05) is 0 Å². The van der Waals surface area contributed by atoms with E-state index in [1.54, 1.807) is 68.7 Å². The van der Waals surface area contributed by atoms with Crippen LogP contribution in [-0.2, 0) is 6.18 Å². The molecule has 12 heteroatoms. The van der Waals surface area contributed by atoms with Crippen LogP contribution < -0.4 is 11.0 Å². The molecule has 0 aliphatic heterocycles. The Balaban J connectivity index is 1.70. The van der Waals surface area contributed by atoms with Crippen molar-refractivity contribution >= 4 is 11.7 Å². The molecule has 2 aromatic carbocycles. The van der Waals surface area contributed by atoms with Crippen molar-refractivity contribution in [3.63, 3.8) is 0 Å². The lowest BCUT2D eigenvalue weighted by Gasteiger charge is -2.16. The molecule has 41 heavy (non-hydrogen) atoms. The number of halogens is 3. The summed E-state index contributed by atoms with van der Waals surface area (Å²) in [5.41, 5.74) is 0.561. The number of rotatable bonds is 5. The molecule has 0 saturated heterocycles. The van der Waals surface area contributed by atoms with Crippen molar-refractivity contribution in [2.45, 2.75) is 26.1 Å². The molecule has 1 amide bonds. The molecule has 0 aliphatic carbocycles. The number of nitrogens with one attached hydrogen (secondary N) is 1. The summed E-state index contributed by atoms with van der Waals surface area (Å²) in [4.78, 5) is 34.9. The van der Waals surface area contributed by atoms with Gasteiger partial charge in [0.2, 0.25) is 0 Å². The number of pyridine rings is 1. The highest BCUT2D eigenvalue weighted by molar-refractivity contribution is 5.83. The van der Waals surface area contributed by atoms with Crippen molar-refractivity contribution in [1.29, 1.82) is 0 Å². The number of carbonyl (C=O) groups is 1. The molecule has 3 heterocycles. The molecule has 0 fully saturated rings. The SMILES string of the molecule is [C-]#[N+]c1ccc(-n2nccc2-c2c(C)n(-c3cccc(C(F)(F)F)c3)c(=O)n2C(=O)N[C@@H](C)c2ccncc2)cc1. The van der Waals surface area contributed by atoms with Gasteiger partial charge in [-0.05, 0) is 67.9 Å². The molecule has 1 N–H and O–H groups in total. The Kier molecular flexibility index (Phi) is 7.03. The number of hydrogen-bond donors (Lipinski definition) is 1. The number of aromatic nitrogens is 5. The van der Waals surface area contributed by atoms with Crippen LogP contribution in [-0.4, -0.2) is 29.9 Å². The van der Waals surface area contributed by atoms with Crippen LogP contribution in [0.1, 0.15) is 29.8 Å². The summed E-state index contributed by atoms with van der Waals surface area (Å²) in [6, 6.07) is 14.6. The Morgan fingerprint density at radius 1 is 1.00 bits per heavy atom. The van der Waals surface area contributed by atoms with Crippen LogP contribution in [0.4, 0.5) is 23.7 Å². The van der Waals surface area contributed by atoms with Gasteiger partial charge in [0.1, 0.15) is 5.69 Å². The zero-order chi connectivity index (χ0) is 29.3. The number of imidazole rings is 1. The van der Waals surface area contributed by atoms with Crippen LogP contribution in [0.5, 0.6) is 0 Å². The molecule has 1 atom stereocenters. The molecule has 0 spiro atoms. The van der Waals surface area contributed by atoms with E-state index in [4.69, 9.17) is 6.57 Å². The first-order chi connectivity index (χ1) is 19.6. The number of amides is 1. The normalized spacial score (nSPS) is 12.1. The van der Waals surface area contributed by atoms with Crippen molar-refractivity contribution in [3.8, 4) is 22.8 Å². The van der Waals surface area contributed by atoms with Gasteiger partial charge in [0.15, 0.2) is 5.69 Å². The predicted octanol–water partition coefficient (Wildman–Crippen LogP) is 6.08. The Hall–Kier alpha value is -5.44. The number of alkyl halides is 3. The first kappa shape index (κ1) is 27.1. The fourth-order valence-corrected chi connectivity index (χ4v) is 4.56. The van der Waals surface area contributed by atoms with E-state index in [-0.39, 0.29) is 17.1 Å². The van der Waals surface area contributed by atoms with Crippen molar-refractivity contribution in [3.05, 3.63) is 124 Å². The summed E-state index contributed by atoms with van der Waals surface area (Å²) in [5.74, 6) is 0. The summed E-state index contributed by atoms with van der Waals surface area (Å²) >= 11 is 0. The Morgan fingerprint density at radius 2 is 1.71 bits per heavy atom. The quantitative estimate of drug-likeness (QED) is 0.265. The molecule has 3 aromatic heterocycles. The maximum Gasteiger partial charge on any atom is 0.416 e. The zero-order valence-electron chi connectivity index (χ0n) is 21.8. The largest absolute Gasteiger partial charge is 0.416 e. The third-order valence-corrected chi connectivity index (χ3v) is 6.57. The van der Waals surface area contributed by atoms with Gasteiger partial charge in [-0.25, -0.2) is 23.7 Å². The molecule has 0 aliphatic rings. The summed E-state index contributed by atoms with van der Waals surface area (Å²) in [5, 5.41) is 7.15. The van der Waals surface area contributed by atoms with Crippen molar-refractivity contribution in [1.82, 2.24) is 29.2 Å². The highest BCUT2D eigenvalue weighted by Gasteiger charge is 2.32. The van der Waals surface area contributed by atoms with Crippen LogP contribution >= 0.6 is 0 Å². The van der Waals surface area contributed by atoms with Gasteiger partial charge < -0.3 is 5.32 Å². The van der Waals surface area contributed by atoms with E-state index in [0.29, 0.717) is 17.1 Å². The number of carbonyl (C=O) groups excluding carboxylic acids is 1. The van der Waals surface area contributed by atoms with Crippen LogP contribution in [0.15, 0.2) is 90.1 Å². The van der Waals surface area contributed by atoms with Gasteiger partial charge in [-0.1, -0.05) is 18.2 Å². The highest BCUT2D eigenvalue weighted by Crippen LogP contribution is 2.32. The second-order valence-corrected chi connectivity index (χ2v) is 9.14. The molecule has 5 rings (SSSR count). The number of hydrogen-bond acceptors (Lipinski definition) is 4. The minimum absolute atomic E-state index is 0.0511. The van der Waals surface area contributed by atoms with Gasteiger partial charge in [0.05, 0.1) is 47.1 Å². The highest BCUT2D eigenvalue weighted by atomic mass is 19.4. The Bertz CT molecular complexity index is 1830. The van der Waals surface area contributed by atoms with Crippen LogP contribution in [0.2, 0.25) is 0 Å². The third kappa shape index (κ3) is 5.12. The standard InChI is InChI=1S/C29H22F3N7O2/c1-18(20-11-14-34-15-12-20)36-27(40)38-26(25-13-16-35-39(25)23-9-7-22(33-3)8-10-23)19(2)37(28(38)41)24-6-4-5-21(17-24)29(30,31)32/h4-18H,1-2H3,(H,36,40)/t18-/m0/s1. The van der Waals surface area contributed by atoms with E-state index in [9.17, 15) is 22.8 Å². The molecular weight excluding hydrogens is 535 g/mol. The van der Waals surface area contributed by atoms with Crippen molar-refractivity contribution in [2.24, 2.45) is 0 Å². The lowest BCUT2D eigenvalue weighted by atomic mass is 10.1. The second-order valence-electron chi connectivity index (χ2n) is 9.14. The molecule has 0 radical (unpaired) electrons. The van der Waals surface area contributed by atoms with Gasteiger partial charge in [0, 0.05) is 12.4 Å². The van der Waals surface area contributed by atoms with Crippen molar-refractivity contribution < 1.29 is 18.0 Å². The van der Waals surface area contributed by atoms with Gasteiger partial charge in [-0.15, -0.1) is 0 Å². The number of nitrogens with zero attached hydrogens (tertiary/aromatic N) is 6. The number of benzene rings is 2. The van der Waals surface area contributed by atoms with Gasteiger partial charge in [0.25, 0.3) is 0 Å². The Morgan fingerprint density at radius 3 is 2.37 bits per heavy atom. The smallest absolute Gasteiger partial charge is 0.331 e. The van der Waals surface area contributed by atoms with Crippen LogP contribution in [0, 0.1) is 13.5 Å². The topological polar surface area (TPSA) is 91.1 Å².